The first kappa shape index (κ1) is 16.2. The van der Waals surface area contributed by atoms with Crippen molar-refractivity contribution in [2.45, 2.75) is 40.5 Å². The lowest BCUT2D eigenvalue weighted by atomic mass is 10.1. The molecule has 0 radical (unpaired) electrons. The first-order valence-electron chi connectivity index (χ1n) is 7.03. The van der Waals surface area contributed by atoms with Crippen LogP contribution in [-0.2, 0) is 9.59 Å². The topological polar surface area (TPSA) is 58.2 Å². The van der Waals surface area contributed by atoms with E-state index in [9.17, 15) is 9.59 Å². The van der Waals surface area contributed by atoms with Gasteiger partial charge in [0.1, 0.15) is 6.42 Å². The molecule has 20 heavy (non-hydrogen) atoms. The van der Waals surface area contributed by atoms with E-state index < -0.39 is 0 Å². The minimum atomic E-state index is -0.277. The van der Waals surface area contributed by atoms with E-state index in [0.717, 1.165) is 23.2 Å². The molecule has 0 heterocycles. The molecule has 2 N–H and O–H groups in total. The fraction of sp³-hybridized carbons (Fsp3) is 0.500. The van der Waals surface area contributed by atoms with Gasteiger partial charge in [0.05, 0.1) is 0 Å². The number of amides is 2. The van der Waals surface area contributed by atoms with Crippen molar-refractivity contribution in [3.8, 4) is 0 Å². The summed E-state index contributed by atoms with van der Waals surface area (Å²) in [5.41, 5.74) is 2.91. The summed E-state index contributed by atoms with van der Waals surface area (Å²) in [6.07, 6.45) is 0.788. The van der Waals surface area contributed by atoms with Gasteiger partial charge < -0.3 is 10.6 Å². The Morgan fingerprint density at radius 2 is 1.85 bits per heavy atom. The molecule has 110 valence electrons. The van der Waals surface area contributed by atoms with E-state index in [-0.39, 0.29) is 18.2 Å². The largest absolute Gasteiger partial charge is 0.356 e. The zero-order valence-electron chi connectivity index (χ0n) is 12.7. The number of hydrogen-bond acceptors (Lipinski definition) is 2. The molecule has 1 aromatic carbocycles. The van der Waals surface area contributed by atoms with Crippen molar-refractivity contribution in [1.29, 1.82) is 0 Å². The third-order valence-electron chi connectivity index (χ3n) is 3.24. The van der Waals surface area contributed by atoms with E-state index >= 15 is 0 Å². The highest BCUT2D eigenvalue weighted by atomic mass is 16.2. The van der Waals surface area contributed by atoms with E-state index in [4.69, 9.17) is 0 Å². The molecule has 0 fully saturated rings. The van der Waals surface area contributed by atoms with Gasteiger partial charge in [-0.25, -0.2) is 0 Å². The Kier molecular flexibility index (Phi) is 6.22. The predicted octanol–water partition coefficient (Wildman–Crippen LogP) is 2.79. The summed E-state index contributed by atoms with van der Waals surface area (Å²) >= 11 is 0. The molecule has 0 aliphatic heterocycles. The number of hydrogen-bond donors (Lipinski definition) is 2. The molecule has 0 saturated heterocycles. The minimum absolute atomic E-state index is 0.133. The summed E-state index contributed by atoms with van der Waals surface area (Å²) in [5.74, 6) is 0.0354. The summed E-state index contributed by atoms with van der Waals surface area (Å²) in [7, 11) is 0. The number of aryl methyl sites for hydroxylation is 1. The zero-order valence-corrected chi connectivity index (χ0v) is 12.7. The molecule has 0 unspecified atom stereocenters. The first-order chi connectivity index (χ1) is 9.40. The second-order valence-corrected chi connectivity index (χ2v) is 5.50. The van der Waals surface area contributed by atoms with Crippen molar-refractivity contribution >= 4 is 17.5 Å². The van der Waals surface area contributed by atoms with Crippen molar-refractivity contribution in [2.24, 2.45) is 5.92 Å². The molecule has 0 aromatic heterocycles. The van der Waals surface area contributed by atoms with Gasteiger partial charge in [-0.2, -0.15) is 0 Å². The SMILES string of the molecule is Cc1cccc(NC(=O)CC(=O)NCCC(C)C)c1C. The van der Waals surface area contributed by atoms with Gasteiger partial charge in [-0.05, 0) is 43.4 Å². The standard InChI is InChI=1S/C16H24N2O2/c1-11(2)8-9-17-15(19)10-16(20)18-14-7-5-6-12(3)13(14)4/h5-7,11H,8-10H2,1-4H3,(H,17,19)(H,18,20). The normalized spacial score (nSPS) is 10.4. The molecular formula is C16H24N2O2. The maximum Gasteiger partial charge on any atom is 0.233 e. The van der Waals surface area contributed by atoms with Crippen molar-refractivity contribution < 1.29 is 9.59 Å². The monoisotopic (exact) mass is 276 g/mol. The van der Waals surface area contributed by atoms with Crippen LogP contribution in [0.1, 0.15) is 37.8 Å². The van der Waals surface area contributed by atoms with Crippen LogP contribution in [0.15, 0.2) is 18.2 Å². The van der Waals surface area contributed by atoms with Gasteiger partial charge in [0, 0.05) is 12.2 Å². The van der Waals surface area contributed by atoms with Crippen LogP contribution in [-0.4, -0.2) is 18.4 Å². The molecule has 0 saturated carbocycles. The van der Waals surface area contributed by atoms with Gasteiger partial charge in [-0.1, -0.05) is 26.0 Å². The summed E-state index contributed by atoms with van der Waals surface area (Å²) in [6.45, 7) is 8.75. The second kappa shape index (κ2) is 7.68. The fourth-order valence-electron chi connectivity index (χ4n) is 1.79. The van der Waals surface area contributed by atoms with E-state index in [0.29, 0.717) is 12.5 Å². The molecule has 0 aliphatic rings. The van der Waals surface area contributed by atoms with Gasteiger partial charge in [0.15, 0.2) is 0 Å². The van der Waals surface area contributed by atoms with Crippen molar-refractivity contribution in [1.82, 2.24) is 5.32 Å². The van der Waals surface area contributed by atoms with Crippen molar-refractivity contribution in [3.63, 3.8) is 0 Å². The quantitative estimate of drug-likeness (QED) is 0.785. The second-order valence-electron chi connectivity index (χ2n) is 5.50. The highest BCUT2D eigenvalue weighted by molar-refractivity contribution is 6.03. The molecular weight excluding hydrogens is 252 g/mol. The van der Waals surface area contributed by atoms with E-state index in [1.165, 1.54) is 0 Å². The third kappa shape index (κ3) is 5.43. The molecule has 4 nitrogen and oxygen atoms in total. The van der Waals surface area contributed by atoms with E-state index in [1.54, 1.807) is 0 Å². The maximum atomic E-state index is 11.8. The Labute approximate surface area is 121 Å². The van der Waals surface area contributed by atoms with Crippen LogP contribution in [0, 0.1) is 19.8 Å². The number of carbonyl (C=O) groups excluding carboxylic acids is 2. The Morgan fingerprint density at radius 3 is 2.50 bits per heavy atom. The molecule has 1 aromatic rings. The van der Waals surface area contributed by atoms with Crippen LogP contribution in [0.5, 0.6) is 0 Å². The molecule has 4 heteroatoms. The molecule has 0 spiro atoms. The predicted molar refractivity (Wildman–Crippen MR) is 81.6 cm³/mol. The lowest BCUT2D eigenvalue weighted by Crippen LogP contribution is -2.29. The van der Waals surface area contributed by atoms with Crippen LogP contribution in [0.3, 0.4) is 0 Å². The summed E-state index contributed by atoms with van der Waals surface area (Å²) in [5, 5.41) is 5.54. The first-order valence-corrected chi connectivity index (χ1v) is 7.03. The number of benzene rings is 1. The van der Waals surface area contributed by atoms with Gasteiger partial charge in [0.2, 0.25) is 11.8 Å². The van der Waals surface area contributed by atoms with Crippen LogP contribution in [0.25, 0.3) is 0 Å². The van der Waals surface area contributed by atoms with Gasteiger partial charge in [0.25, 0.3) is 0 Å². The van der Waals surface area contributed by atoms with E-state index in [2.05, 4.69) is 24.5 Å². The minimum Gasteiger partial charge on any atom is -0.356 e. The zero-order chi connectivity index (χ0) is 15.1. The number of rotatable bonds is 6. The van der Waals surface area contributed by atoms with Gasteiger partial charge in [-0.3, -0.25) is 9.59 Å². The van der Waals surface area contributed by atoms with Gasteiger partial charge in [-0.15, -0.1) is 0 Å². The lowest BCUT2D eigenvalue weighted by molar-refractivity contribution is -0.126. The average molecular weight is 276 g/mol. The molecule has 0 aliphatic carbocycles. The summed E-state index contributed by atoms with van der Waals surface area (Å²) in [4.78, 5) is 23.4. The fourth-order valence-corrected chi connectivity index (χ4v) is 1.79. The maximum absolute atomic E-state index is 11.8. The van der Waals surface area contributed by atoms with Crippen LogP contribution in [0.2, 0.25) is 0 Å². The Hall–Kier alpha value is -1.84. The molecule has 0 atom stereocenters. The molecule has 1 rings (SSSR count). The van der Waals surface area contributed by atoms with Crippen LogP contribution in [0.4, 0.5) is 5.69 Å². The summed E-state index contributed by atoms with van der Waals surface area (Å²) in [6, 6.07) is 5.72. The lowest BCUT2D eigenvalue weighted by Gasteiger charge is -2.11. The number of anilines is 1. The third-order valence-corrected chi connectivity index (χ3v) is 3.24. The Bertz CT molecular complexity index is 481. The summed E-state index contributed by atoms with van der Waals surface area (Å²) < 4.78 is 0. The number of carbonyl (C=O) groups is 2. The van der Waals surface area contributed by atoms with Crippen LogP contribution < -0.4 is 10.6 Å². The number of nitrogens with one attached hydrogen (secondary N) is 2. The average Bonchev–Trinajstić information content (AvgIpc) is 2.34. The highest BCUT2D eigenvalue weighted by Gasteiger charge is 2.11. The Balaban J connectivity index is 2.43. The molecule has 2 amide bonds. The van der Waals surface area contributed by atoms with Crippen molar-refractivity contribution in [2.75, 3.05) is 11.9 Å². The van der Waals surface area contributed by atoms with Crippen molar-refractivity contribution in [3.05, 3.63) is 29.3 Å². The smallest absolute Gasteiger partial charge is 0.233 e. The van der Waals surface area contributed by atoms with E-state index in [1.807, 2.05) is 32.0 Å². The van der Waals surface area contributed by atoms with Gasteiger partial charge >= 0.3 is 0 Å². The molecule has 0 bridgehead atoms. The Morgan fingerprint density at radius 1 is 1.15 bits per heavy atom. The highest BCUT2D eigenvalue weighted by Crippen LogP contribution is 2.17. The van der Waals surface area contributed by atoms with Crippen LogP contribution >= 0.6 is 0 Å².